The third-order valence-electron chi connectivity index (χ3n) is 3.25. The maximum atomic E-state index is 12.5. The molecule has 2 aliphatic rings. The van der Waals surface area contributed by atoms with Crippen LogP contribution < -0.4 is 5.73 Å². The molecule has 13 heavy (non-hydrogen) atoms. The van der Waals surface area contributed by atoms with Crippen LogP contribution in [-0.2, 0) is 0 Å². The first kappa shape index (κ1) is 9.41. The molecule has 1 aliphatic heterocycles. The summed E-state index contributed by atoms with van der Waals surface area (Å²) in [5.41, 5.74) is 5.90. The Balaban J connectivity index is 1.69. The summed E-state index contributed by atoms with van der Waals surface area (Å²) in [6.45, 7) is 2.39. The zero-order valence-electron chi connectivity index (χ0n) is 8.08. The minimum atomic E-state index is -0.558. The van der Waals surface area contributed by atoms with Crippen molar-refractivity contribution < 1.29 is 4.39 Å². The molecule has 1 aliphatic carbocycles. The second-order valence-corrected chi connectivity index (χ2v) is 4.61. The van der Waals surface area contributed by atoms with Gasteiger partial charge in [0.25, 0.3) is 0 Å². The van der Waals surface area contributed by atoms with Crippen molar-refractivity contribution in [2.45, 2.75) is 37.9 Å². The van der Waals surface area contributed by atoms with Crippen LogP contribution in [0.15, 0.2) is 0 Å². The van der Waals surface area contributed by atoms with Crippen LogP contribution in [0, 0.1) is 5.92 Å². The molecule has 0 aromatic rings. The SMILES string of the molecule is N[C@@H]1CCC[C@@H](CN2CC(F)C2)C1. The minimum absolute atomic E-state index is 0.404. The van der Waals surface area contributed by atoms with E-state index in [1.165, 1.54) is 19.3 Å². The smallest absolute Gasteiger partial charge is 0.125 e. The monoisotopic (exact) mass is 186 g/mol. The summed E-state index contributed by atoms with van der Waals surface area (Å²) in [5.74, 6) is 0.733. The first-order chi connectivity index (χ1) is 6.24. The van der Waals surface area contributed by atoms with Crippen LogP contribution in [0.5, 0.6) is 0 Å². The molecular formula is C10H19FN2. The Morgan fingerprint density at radius 3 is 2.69 bits per heavy atom. The van der Waals surface area contributed by atoms with E-state index in [1.54, 1.807) is 0 Å². The van der Waals surface area contributed by atoms with Crippen LogP contribution in [0.4, 0.5) is 4.39 Å². The molecule has 1 saturated carbocycles. The van der Waals surface area contributed by atoms with Gasteiger partial charge in [0.15, 0.2) is 0 Å². The highest BCUT2D eigenvalue weighted by Crippen LogP contribution is 2.25. The molecule has 1 saturated heterocycles. The quantitative estimate of drug-likeness (QED) is 0.701. The van der Waals surface area contributed by atoms with Gasteiger partial charge in [-0.2, -0.15) is 0 Å². The molecule has 2 atom stereocenters. The zero-order chi connectivity index (χ0) is 9.26. The normalized spacial score (nSPS) is 37.4. The van der Waals surface area contributed by atoms with Crippen molar-refractivity contribution >= 4 is 0 Å². The lowest BCUT2D eigenvalue weighted by Crippen LogP contribution is -2.50. The molecule has 0 spiro atoms. The van der Waals surface area contributed by atoms with Gasteiger partial charge in [0.05, 0.1) is 0 Å². The average molecular weight is 186 g/mol. The topological polar surface area (TPSA) is 29.3 Å². The lowest BCUT2D eigenvalue weighted by Gasteiger charge is -2.38. The molecule has 0 amide bonds. The Hall–Kier alpha value is -0.150. The summed E-state index contributed by atoms with van der Waals surface area (Å²) in [6.07, 6.45) is 4.33. The molecule has 2 rings (SSSR count). The predicted molar refractivity (Wildman–Crippen MR) is 51.3 cm³/mol. The fourth-order valence-electron chi connectivity index (χ4n) is 2.52. The van der Waals surface area contributed by atoms with Gasteiger partial charge in [0.1, 0.15) is 6.17 Å². The lowest BCUT2D eigenvalue weighted by atomic mass is 9.85. The first-order valence-electron chi connectivity index (χ1n) is 5.36. The second-order valence-electron chi connectivity index (χ2n) is 4.61. The maximum absolute atomic E-state index is 12.5. The van der Waals surface area contributed by atoms with Crippen molar-refractivity contribution in [3.8, 4) is 0 Å². The third kappa shape index (κ3) is 2.41. The first-order valence-corrected chi connectivity index (χ1v) is 5.36. The highest BCUT2D eigenvalue weighted by Gasteiger charge is 2.29. The lowest BCUT2D eigenvalue weighted by molar-refractivity contribution is 0.0447. The summed E-state index contributed by atoms with van der Waals surface area (Å²) in [6, 6.07) is 0.404. The average Bonchev–Trinajstić information content (AvgIpc) is 2.01. The van der Waals surface area contributed by atoms with Gasteiger partial charge in [-0.05, 0) is 25.2 Å². The number of likely N-dealkylation sites (tertiary alicyclic amines) is 1. The van der Waals surface area contributed by atoms with Gasteiger partial charge in [-0.1, -0.05) is 6.42 Å². The van der Waals surface area contributed by atoms with Crippen molar-refractivity contribution in [1.29, 1.82) is 0 Å². The molecular weight excluding hydrogens is 167 g/mol. The van der Waals surface area contributed by atoms with Crippen molar-refractivity contribution in [3.05, 3.63) is 0 Å². The number of halogens is 1. The van der Waals surface area contributed by atoms with E-state index in [-0.39, 0.29) is 0 Å². The van der Waals surface area contributed by atoms with Crippen molar-refractivity contribution in [2.24, 2.45) is 11.7 Å². The number of nitrogens with two attached hydrogens (primary N) is 1. The molecule has 0 bridgehead atoms. The summed E-state index contributed by atoms with van der Waals surface area (Å²) in [7, 11) is 0. The summed E-state index contributed by atoms with van der Waals surface area (Å²) in [5, 5.41) is 0. The van der Waals surface area contributed by atoms with E-state index < -0.39 is 6.17 Å². The van der Waals surface area contributed by atoms with Crippen molar-refractivity contribution in [3.63, 3.8) is 0 Å². The van der Waals surface area contributed by atoms with E-state index in [0.29, 0.717) is 19.1 Å². The Bertz CT molecular complexity index is 168. The molecule has 0 aromatic carbocycles. The molecule has 2 N–H and O–H groups in total. The molecule has 1 heterocycles. The van der Waals surface area contributed by atoms with Gasteiger partial charge in [-0.3, -0.25) is 4.90 Å². The molecule has 0 aromatic heterocycles. The number of hydrogen-bond acceptors (Lipinski definition) is 2. The largest absolute Gasteiger partial charge is 0.328 e. The fourth-order valence-corrected chi connectivity index (χ4v) is 2.52. The van der Waals surface area contributed by atoms with E-state index in [0.717, 1.165) is 18.9 Å². The highest BCUT2D eigenvalue weighted by atomic mass is 19.1. The van der Waals surface area contributed by atoms with Crippen LogP contribution in [0.2, 0.25) is 0 Å². The molecule has 2 fully saturated rings. The summed E-state index contributed by atoms with van der Waals surface area (Å²) in [4.78, 5) is 2.22. The zero-order valence-corrected chi connectivity index (χ0v) is 8.08. The van der Waals surface area contributed by atoms with Crippen molar-refractivity contribution in [1.82, 2.24) is 4.90 Å². The molecule has 0 unspecified atom stereocenters. The van der Waals surface area contributed by atoms with E-state index >= 15 is 0 Å². The summed E-state index contributed by atoms with van der Waals surface area (Å²) < 4.78 is 12.5. The van der Waals surface area contributed by atoms with Gasteiger partial charge in [-0.15, -0.1) is 0 Å². The van der Waals surface area contributed by atoms with Crippen LogP contribution in [0.25, 0.3) is 0 Å². The van der Waals surface area contributed by atoms with Crippen LogP contribution in [0.3, 0.4) is 0 Å². The predicted octanol–water partition coefficient (Wildman–Crippen LogP) is 1.16. The molecule has 76 valence electrons. The van der Waals surface area contributed by atoms with Crippen molar-refractivity contribution in [2.75, 3.05) is 19.6 Å². The molecule has 0 radical (unpaired) electrons. The van der Waals surface area contributed by atoms with Gasteiger partial charge < -0.3 is 5.73 Å². The Labute approximate surface area is 79.3 Å². The van der Waals surface area contributed by atoms with Gasteiger partial charge in [0, 0.05) is 25.7 Å². The van der Waals surface area contributed by atoms with Gasteiger partial charge >= 0.3 is 0 Å². The van der Waals surface area contributed by atoms with E-state index in [1.807, 2.05) is 0 Å². The molecule has 3 heteroatoms. The van der Waals surface area contributed by atoms with Gasteiger partial charge in [0.2, 0.25) is 0 Å². The Morgan fingerprint density at radius 2 is 2.08 bits per heavy atom. The number of hydrogen-bond donors (Lipinski definition) is 1. The third-order valence-corrected chi connectivity index (χ3v) is 3.25. The van der Waals surface area contributed by atoms with Gasteiger partial charge in [-0.25, -0.2) is 4.39 Å². The Morgan fingerprint density at radius 1 is 1.31 bits per heavy atom. The van der Waals surface area contributed by atoms with E-state index in [9.17, 15) is 4.39 Å². The van der Waals surface area contributed by atoms with Crippen LogP contribution >= 0.6 is 0 Å². The highest BCUT2D eigenvalue weighted by molar-refractivity contribution is 4.84. The Kier molecular flexibility index (Phi) is 2.84. The number of nitrogens with zero attached hydrogens (tertiary/aromatic N) is 1. The summed E-state index contributed by atoms with van der Waals surface area (Å²) >= 11 is 0. The number of rotatable bonds is 2. The fraction of sp³-hybridized carbons (Fsp3) is 1.00. The van der Waals surface area contributed by atoms with Crippen LogP contribution in [-0.4, -0.2) is 36.7 Å². The maximum Gasteiger partial charge on any atom is 0.125 e. The standard InChI is InChI=1S/C10H19FN2/c11-9-6-13(7-9)5-8-2-1-3-10(12)4-8/h8-10H,1-7,12H2/t8-,10-/m1/s1. The minimum Gasteiger partial charge on any atom is -0.328 e. The van der Waals surface area contributed by atoms with E-state index in [4.69, 9.17) is 5.73 Å². The molecule has 2 nitrogen and oxygen atoms in total. The van der Waals surface area contributed by atoms with E-state index in [2.05, 4.69) is 4.90 Å². The van der Waals surface area contributed by atoms with Crippen LogP contribution in [0.1, 0.15) is 25.7 Å². The second kappa shape index (κ2) is 3.93. The number of alkyl halides is 1.